The van der Waals surface area contributed by atoms with E-state index >= 15 is 0 Å². The van der Waals surface area contributed by atoms with E-state index in [1.807, 2.05) is 11.4 Å². The van der Waals surface area contributed by atoms with Gasteiger partial charge >= 0.3 is 0 Å². The molecule has 1 fully saturated rings. The molecule has 3 nitrogen and oxygen atoms in total. The molecule has 0 radical (unpaired) electrons. The summed E-state index contributed by atoms with van der Waals surface area (Å²) in [5.74, 6) is 0.412. The maximum atomic E-state index is 9.65. The van der Waals surface area contributed by atoms with Crippen molar-refractivity contribution in [3.63, 3.8) is 0 Å². The van der Waals surface area contributed by atoms with E-state index in [9.17, 15) is 5.11 Å². The van der Waals surface area contributed by atoms with Crippen molar-refractivity contribution in [2.24, 2.45) is 5.92 Å². The predicted molar refractivity (Wildman–Crippen MR) is 64.1 cm³/mol. The lowest BCUT2D eigenvalue weighted by atomic mass is 10.1. The molecule has 2 rings (SSSR count). The Morgan fingerprint density at radius 1 is 1.56 bits per heavy atom. The van der Waals surface area contributed by atoms with Gasteiger partial charge < -0.3 is 10.4 Å². The third-order valence-electron chi connectivity index (χ3n) is 3.11. The van der Waals surface area contributed by atoms with Crippen molar-refractivity contribution in [2.75, 3.05) is 6.54 Å². The Labute approximate surface area is 99.7 Å². The van der Waals surface area contributed by atoms with Crippen LogP contribution in [0, 0.1) is 17.2 Å². The van der Waals surface area contributed by atoms with Gasteiger partial charge in [0.2, 0.25) is 0 Å². The zero-order valence-electron chi connectivity index (χ0n) is 9.15. The fourth-order valence-electron chi connectivity index (χ4n) is 2.17. The summed E-state index contributed by atoms with van der Waals surface area (Å²) in [7, 11) is 0. The maximum Gasteiger partial charge on any atom is 0.100 e. The first-order valence-corrected chi connectivity index (χ1v) is 6.54. The van der Waals surface area contributed by atoms with Gasteiger partial charge in [-0.05, 0) is 24.8 Å². The van der Waals surface area contributed by atoms with Crippen molar-refractivity contribution in [2.45, 2.75) is 31.9 Å². The van der Waals surface area contributed by atoms with E-state index in [0.29, 0.717) is 5.92 Å². The van der Waals surface area contributed by atoms with Crippen molar-refractivity contribution in [3.05, 3.63) is 21.9 Å². The van der Waals surface area contributed by atoms with Crippen molar-refractivity contribution in [1.29, 1.82) is 5.26 Å². The summed E-state index contributed by atoms with van der Waals surface area (Å²) < 4.78 is 0. The molecule has 0 saturated heterocycles. The highest BCUT2D eigenvalue weighted by Gasteiger charge is 2.24. The molecular weight excluding hydrogens is 220 g/mol. The largest absolute Gasteiger partial charge is 0.393 e. The van der Waals surface area contributed by atoms with Gasteiger partial charge in [0.1, 0.15) is 6.07 Å². The Morgan fingerprint density at radius 3 is 3.06 bits per heavy atom. The van der Waals surface area contributed by atoms with Crippen molar-refractivity contribution in [1.82, 2.24) is 5.32 Å². The Hall–Kier alpha value is -0.890. The summed E-state index contributed by atoms with van der Waals surface area (Å²) in [6.45, 7) is 1.68. The van der Waals surface area contributed by atoms with Crippen LogP contribution in [0.1, 0.15) is 29.7 Å². The number of aliphatic hydroxyl groups is 1. The number of aliphatic hydroxyl groups excluding tert-OH is 1. The van der Waals surface area contributed by atoms with Crippen LogP contribution in [0.25, 0.3) is 0 Å². The number of thiophene rings is 1. The minimum absolute atomic E-state index is 0.120. The molecule has 4 heteroatoms. The Balaban J connectivity index is 1.73. The first-order chi connectivity index (χ1) is 7.79. The third kappa shape index (κ3) is 2.82. The summed E-state index contributed by atoms with van der Waals surface area (Å²) in [6.07, 6.45) is 3.10. The monoisotopic (exact) mass is 236 g/mol. The van der Waals surface area contributed by atoms with Crippen LogP contribution in [0.4, 0.5) is 0 Å². The average Bonchev–Trinajstić information content (AvgIpc) is 2.89. The molecule has 1 aromatic heterocycles. The van der Waals surface area contributed by atoms with Crippen molar-refractivity contribution >= 4 is 11.3 Å². The summed E-state index contributed by atoms with van der Waals surface area (Å²) >= 11 is 1.61. The maximum absolute atomic E-state index is 9.65. The number of nitrogens with one attached hydrogen (secondary N) is 1. The summed E-state index contributed by atoms with van der Waals surface area (Å²) in [5.41, 5.74) is 0.739. The zero-order valence-corrected chi connectivity index (χ0v) is 9.96. The highest BCUT2D eigenvalue weighted by Crippen LogP contribution is 2.24. The molecule has 1 heterocycles. The van der Waals surface area contributed by atoms with E-state index < -0.39 is 0 Å². The lowest BCUT2D eigenvalue weighted by Gasteiger charge is -2.14. The van der Waals surface area contributed by atoms with Crippen LogP contribution in [0.3, 0.4) is 0 Å². The second kappa shape index (κ2) is 5.44. The summed E-state index contributed by atoms with van der Waals surface area (Å²) in [5, 5.41) is 23.6. The first kappa shape index (κ1) is 11.6. The standard InChI is InChI=1S/C12H16N2OS/c13-5-9-4-11(16-8-9)7-14-6-10-2-1-3-12(10)15/h4,8,10,12,14-15H,1-3,6-7H2. The molecule has 1 aliphatic rings. The van der Waals surface area contributed by atoms with Crippen LogP contribution in [-0.4, -0.2) is 17.8 Å². The van der Waals surface area contributed by atoms with E-state index in [1.54, 1.807) is 11.3 Å². The molecule has 0 bridgehead atoms. The van der Waals surface area contributed by atoms with E-state index in [1.165, 1.54) is 4.88 Å². The van der Waals surface area contributed by atoms with Gasteiger partial charge in [-0.15, -0.1) is 11.3 Å². The molecule has 0 aliphatic heterocycles. The quantitative estimate of drug-likeness (QED) is 0.839. The van der Waals surface area contributed by atoms with Gasteiger partial charge in [0, 0.05) is 23.3 Å². The molecule has 86 valence electrons. The predicted octanol–water partition coefficient (Wildman–Crippen LogP) is 1.87. The topological polar surface area (TPSA) is 56.0 Å². The molecule has 2 N–H and O–H groups in total. The van der Waals surface area contributed by atoms with Crippen LogP contribution >= 0.6 is 11.3 Å². The zero-order chi connectivity index (χ0) is 11.4. The number of nitrogens with zero attached hydrogens (tertiary/aromatic N) is 1. The normalized spacial score (nSPS) is 24.5. The van der Waals surface area contributed by atoms with Gasteiger partial charge in [0.05, 0.1) is 11.7 Å². The minimum atomic E-state index is -0.120. The minimum Gasteiger partial charge on any atom is -0.393 e. The lowest BCUT2D eigenvalue weighted by Crippen LogP contribution is -2.27. The van der Waals surface area contributed by atoms with Crippen molar-refractivity contribution < 1.29 is 5.11 Å². The molecule has 0 aromatic carbocycles. The van der Waals surface area contributed by atoms with Crippen LogP contribution in [0.15, 0.2) is 11.4 Å². The summed E-state index contributed by atoms with van der Waals surface area (Å²) in [4.78, 5) is 1.18. The second-order valence-electron chi connectivity index (χ2n) is 4.30. The van der Waals surface area contributed by atoms with Crippen LogP contribution < -0.4 is 5.32 Å². The third-order valence-corrected chi connectivity index (χ3v) is 4.04. The van der Waals surface area contributed by atoms with Gasteiger partial charge in [0.25, 0.3) is 0 Å². The van der Waals surface area contributed by atoms with Crippen molar-refractivity contribution in [3.8, 4) is 6.07 Å². The number of rotatable bonds is 4. The molecule has 1 saturated carbocycles. The molecule has 0 amide bonds. The highest BCUT2D eigenvalue weighted by atomic mass is 32.1. The number of hydrogen-bond donors (Lipinski definition) is 2. The molecule has 16 heavy (non-hydrogen) atoms. The van der Waals surface area contributed by atoms with Crippen LogP contribution in [0.5, 0.6) is 0 Å². The van der Waals surface area contributed by atoms with E-state index in [0.717, 1.165) is 37.9 Å². The van der Waals surface area contributed by atoms with E-state index in [2.05, 4.69) is 11.4 Å². The van der Waals surface area contributed by atoms with E-state index in [-0.39, 0.29) is 6.10 Å². The molecule has 1 aromatic rings. The number of hydrogen-bond acceptors (Lipinski definition) is 4. The molecule has 2 unspecified atom stereocenters. The Kier molecular flexibility index (Phi) is 3.94. The average molecular weight is 236 g/mol. The van der Waals surface area contributed by atoms with E-state index in [4.69, 9.17) is 5.26 Å². The smallest absolute Gasteiger partial charge is 0.100 e. The number of nitriles is 1. The highest BCUT2D eigenvalue weighted by molar-refractivity contribution is 7.10. The van der Waals surface area contributed by atoms with Gasteiger partial charge in [-0.1, -0.05) is 6.42 Å². The Bertz CT molecular complexity index is 383. The Morgan fingerprint density at radius 2 is 2.44 bits per heavy atom. The van der Waals surface area contributed by atoms with Gasteiger partial charge in [-0.2, -0.15) is 5.26 Å². The first-order valence-electron chi connectivity index (χ1n) is 5.66. The summed E-state index contributed by atoms with van der Waals surface area (Å²) in [6, 6.07) is 4.05. The second-order valence-corrected chi connectivity index (χ2v) is 5.30. The molecule has 1 aliphatic carbocycles. The fourth-order valence-corrected chi connectivity index (χ4v) is 2.95. The van der Waals surface area contributed by atoms with Gasteiger partial charge in [-0.3, -0.25) is 0 Å². The lowest BCUT2D eigenvalue weighted by molar-refractivity contribution is 0.131. The molecule has 0 spiro atoms. The molecular formula is C12H16N2OS. The molecule has 2 atom stereocenters. The van der Waals surface area contributed by atoms with Crippen LogP contribution in [0.2, 0.25) is 0 Å². The van der Waals surface area contributed by atoms with Crippen LogP contribution in [-0.2, 0) is 6.54 Å². The van der Waals surface area contributed by atoms with Gasteiger partial charge in [-0.25, -0.2) is 0 Å². The van der Waals surface area contributed by atoms with Gasteiger partial charge in [0.15, 0.2) is 0 Å². The SMILES string of the molecule is N#Cc1csc(CNCC2CCCC2O)c1. The fraction of sp³-hybridized carbons (Fsp3) is 0.583.